The average Bonchev–Trinajstić information content (AvgIpc) is 1.80. The van der Waals surface area contributed by atoms with Crippen molar-refractivity contribution in [2.45, 2.75) is 13.8 Å². The van der Waals surface area contributed by atoms with Crippen LogP contribution in [0.25, 0.3) is 0 Å². The lowest BCUT2D eigenvalue weighted by Crippen LogP contribution is -2.05. The van der Waals surface area contributed by atoms with Crippen molar-refractivity contribution in [3.05, 3.63) is 0 Å². The molecular weight excluding hydrogens is 116 g/mol. The van der Waals surface area contributed by atoms with E-state index in [-0.39, 0.29) is 0 Å². The number of nitrogens with zero attached hydrogens (tertiary/aromatic N) is 1. The zero-order valence-electron chi connectivity index (χ0n) is 6.00. The highest BCUT2D eigenvalue weighted by molar-refractivity contribution is 5.58. The summed E-state index contributed by atoms with van der Waals surface area (Å²) >= 11 is 0. The first-order valence-corrected chi connectivity index (χ1v) is 3.13. The lowest BCUT2D eigenvalue weighted by atomic mass is 10.3. The Balaban J connectivity index is 3.04. The molecule has 0 fully saturated rings. The summed E-state index contributed by atoms with van der Waals surface area (Å²) in [5, 5.41) is 3.66. The molecule has 9 heavy (non-hydrogen) atoms. The van der Waals surface area contributed by atoms with Crippen LogP contribution in [-0.2, 0) is 4.84 Å². The van der Waals surface area contributed by atoms with Gasteiger partial charge in [0.25, 0.3) is 0 Å². The summed E-state index contributed by atoms with van der Waals surface area (Å²) in [7, 11) is 0. The lowest BCUT2D eigenvalue weighted by molar-refractivity contribution is 0.152. The van der Waals surface area contributed by atoms with Crippen molar-refractivity contribution < 1.29 is 4.84 Å². The normalized spacial score (nSPS) is 11.1. The number of hydrogen-bond donors (Lipinski definition) is 1. The topological polar surface area (TPSA) is 47.6 Å². The van der Waals surface area contributed by atoms with Gasteiger partial charge in [-0.3, -0.25) is 0 Å². The molecule has 3 heteroatoms. The van der Waals surface area contributed by atoms with Gasteiger partial charge in [0.1, 0.15) is 6.61 Å². The molecule has 0 aliphatic rings. The maximum absolute atomic E-state index is 5.15. The maximum atomic E-state index is 5.15. The van der Waals surface area contributed by atoms with Crippen LogP contribution in [0.15, 0.2) is 5.16 Å². The minimum Gasteiger partial charge on any atom is -0.395 e. The Morgan fingerprint density at radius 2 is 2.33 bits per heavy atom. The molecule has 0 radical (unpaired) electrons. The van der Waals surface area contributed by atoms with Gasteiger partial charge in [-0.05, 0) is 5.92 Å². The van der Waals surface area contributed by atoms with Crippen molar-refractivity contribution in [1.29, 1.82) is 0 Å². The summed E-state index contributed by atoms with van der Waals surface area (Å²) in [4.78, 5) is 4.74. The van der Waals surface area contributed by atoms with E-state index in [0.717, 1.165) is 0 Å². The van der Waals surface area contributed by atoms with Crippen molar-refractivity contribution in [2.24, 2.45) is 16.8 Å². The molecule has 2 N–H and O–H groups in total. The first kappa shape index (κ1) is 8.43. The third-order valence-electron chi connectivity index (χ3n) is 0.643. The van der Waals surface area contributed by atoms with Crippen molar-refractivity contribution in [3.63, 3.8) is 0 Å². The molecule has 0 aromatic carbocycles. The Bertz CT molecular complexity index is 81.1. The molecule has 0 amide bonds. The largest absolute Gasteiger partial charge is 0.395 e. The Kier molecular flexibility index (Phi) is 5.21. The zero-order valence-corrected chi connectivity index (χ0v) is 6.00. The zero-order chi connectivity index (χ0) is 7.11. The van der Waals surface area contributed by atoms with Crippen LogP contribution < -0.4 is 5.73 Å². The van der Waals surface area contributed by atoms with E-state index in [0.29, 0.717) is 19.1 Å². The molecule has 0 aliphatic carbocycles. The molecule has 0 saturated heterocycles. The molecular formula is C6H14N2O. The summed E-state index contributed by atoms with van der Waals surface area (Å²) in [5.74, 6) is 0.447. The van der Waals surface area contributed by atoms with Gasteiger partial charge in [-0.15, -0.1) is 0 Å². The summed E-state index contributed by atoms with van der Waals surface area (Å²) in [6, 6.07) is 0. The van der Waals surface area contributed by atoms with Gasteiger partial charge in [0.2, 0.25) is 0 Å². The lowest BCUT2D eigenvalue weighted by Gasteiger charge is -1.94. The summed E-state index contributed by atoms with van der Waals surface area (Å²) in [5.41, 5.74) is 5.15. The first-order valence-electron chi connectivity index (χ1n) is 3.13. The SMILES string of the molecule is CC(C)/C=N/OCCN. The molecule has 3 nitrogen and oxygen atoms in total. The average molecular weight is 130 g/mol. The summed E-state index contributed by atoms with van der Waals surface area (Å²) < 4.78 is 0. The number of nitrogens with two attached hydrogens (primary N) is 1. The van der Waals surface area contributed by atoms with Crippen molar-refractivity contribution in [2.75, 3.05) is 13.2 Å². The third kappa shape index (κ3) is 7.43. The Hall–Kier alpha value is -0.570. The van der Waals surface area contributed by atoms with E-state index in [1.165, 1.54) is 0 Å². The highest BCUT2D eigenvalue weighted by Gasteiger charge is 1.83. The van der Waals surface area contributed by atoms with Gasteiger partial charge >= 0.3 is 0 Å². The molecule has 54 valence electrons. The van der Waals surface area contributed by atoms with Crippen LogP contribution >= 0.6 is 0 Å². The second-order valence-electron chi connectivity index (χ2n) is 2.12. The van der Waals surface area contributed by atoms with Crippen LogP contribution in [0.4, 0.5) is 0 Å². The fourth-order valence-corrected chi connectivity index (χ4v) is 0.270. The van der Waals surface area contributed by atoms with E-state index in [4.69, 9.17) is 10.6 Å². The first-order chi connectivity index (χ1) is 4.27. The van der Waals surface area contributed by atoms with Crippen LogP contribution in [0.3, 0.4) is 0 Å². The van der Waals surface area contributed by atoms with E-state index in [9.17, 15) is 0 Å². The van der Waals surface area contributed by atoms with Gasteiger partial charge in [0.15, 0.2) is 0 Å². The quantitative estimate of drug-likeness (QED) is 0.344. The van der Waals surface area contributed by atoms with E-state index >= 15 is 0 Å². The summed E-state index contributed by atoms with van der Waals surface area (Å²) in [6.45, 7) is 5.10. The van der Waals surface area contributed by atoms with E-state index in [2.05, 4.69) is 5.16 Å². The van der Waals surface area contributed by atoms with E-state index in [1.54, 1.807) is 6.21 Å². The second kappa shape index (κ2) is 5.56. The van der Waals surface area contributed by atoms with Gasteiger partial charge < -0.3 is 10.6 Å². The molecule has 0 aliphatic heterocycles. The molecule has 0 heterocycles. The Morgan fingerprint density at radius 3 is 2.78 bits per heavy atom. The summed E-state index contributed by atoms with van der Waals surface area (Å²) in [6.07, 6.45) is 1.75. The predicted molar refractivity (Wildman–Crippen MR) is 38.3 cm³/mol. The van der Waals surface area contributed by atoms with Crippen LogP contribution in [0.1, 0.15) is 13.8 Å². The predicted octanol–water partition coefficient (Wildman–Crippen LogP) is 0.604. The standard InChI is InChI=1S/C6H14N2O/c1-6(2)5-8-9-4-3-7/h5-6H,3-4,7H2,1-2H3/b8-5+. The van der Waals surface area contributed by atoms with Crippen LogP contribution in [0.2, 0.25) is 0 Å². The molecule has 0 rings (SSSR count). The van der Waals surface area contributed by atoms with Gasteiger partial charge in [-0.25, -0.2) is 0 Å². The molecule has 0 bridgehead atoms. The van der Waals surface area contributed by atoms with Gasteiger partial charge in [0, 0.05) is 12.8 Å². The Morgan fingerprint density at radius 1 is 1.67 bits per heavy atom. The number of oxime groups is 1. The van der Waals surface area contributed by atoms with Crippen molar-refractivity contribution in [1.82, 2.24) is 0 Å². The van der Waals surface area contributed by atoms with Crippen LogP contribution in [-0.4, -0.2) is 19.4 Å². The molecule has 0 aromatic heterocycles. The number of rotatable bonds is 4. The Labute approximate surface area is 55.9 Å². The molecule has 0 unspecified atom stereocenters. The van der Waals surface area contributed by atoms with Gasteiger partial charge in [-0.1, -0.05) is 19.0 Å². The van der Waals surface area contributed by atoms with Gasteiger partial charge in [0.05, 0.1) is 0 Å². The maximum Gasteiger partial charge on any atom is 0.129 e. The second-order valence-corrected chi connectivity index (χ2v) is 2.12. The van der Waals surface area contributed by atoms with Crippen molar-refractivity contribution >= 4 is 6.21 Å². The fourth-order valence-electron chi connectivity index (χ4n) is 0.270. The molecule has 0 spiro atoms. The molecule has 0 atom stereocenters. The van der Waals surface area contributed by atoms with Crippen LogP contribution in [0.5, 0.6) is 0 Å². The van der Waals surface area contributed by atoms with E-state index < -0.39 is 0 Å². The monoisotopic (exact) mass is 130 g/mol. The number of hydrogen-bond acceptors (Lipinski definition) is 3. The highest BCUT2D eigenvalue weighted by Crippen LogP contribution is 1.84. The van der Waals surface area contributed by atoms with Crippen LogP contribution in [0, 0.1) is 5.92 Å². The fraction of sp³-hybridized carbons (Fsp3) is 0.833. The van der Waals surface area contributed by atoms with E-state index in [1.807, 2.05) is 13.8 Å². The smallest absolute Gasteiger partial charge is 0.129 e. The molecule has 0 aromatic rings. The van der Waals surface area contributed by atoms with Crippen molar-refractivity contribution in [3.8, 4) is 0 Å². The highest BCUT2D eigenvalue weighted by atomic mass is 16.6. The minimum absolute atomic E-state index is 0.447. The van der Waals surface area contributed by atoms with Gasteiger partial charge in [-0.2, -0.15) is 0 Å². The molecule has 0 saturated carbocycles. The third-order valence-corrected chi connectivity index (χ3v) is 0.643. The minimum atomic E-state index is 0.447.